The summed E-state index contributed by atoms with van der Waals surface area (Å²) in [6.07, 6.45) is 0. The zero-order chi connectivity index (χ0) is 13.7. The molecule has 1 heterocycles. The van der Waals surface area contributed by atoms with Crippen LogP contribution < -0.4 is 5.32 Å². The third kappa shape index (κ3) is 3.84. The normalized spacial score (nSPS) is 22.5. The highest BCUT2D eigenvalue weighted by atomic mass is 35.5. The molecule has 1 aromatic rings. The van der Waals surface area contributed by atoms with Crippen molar-refractivity contribution in [3.63, 3.8) is 0 Å². The van der Waals surface area contributed by atoms with Gasteiger partial charge in [0.15, 0.2) is 0 Å². The minimum Gasteiger partial charge on any atom is -0.315 e. The second kappa shape index (κ2) is 8.16. The molecule has 0 spiro atoms. The molecule has 1 aliphatic heterocycles. The third-order valence-electron chi connectivity index (χ3n) is 3.43. The molecule has 20 heavy (non-hydrogen) atoms. The van der Waals surface area contributed by atoms with E-state index in [-0.39, 0.29) is 24.0 Å². The van der Waals surface area contributed by atoms with Gasteiger partial charge in [-0.05, 0) is 19.4 Å². The monoisotopic (exact) mass is 319 g/mol. The lowest BCUT2D eigenvalue weighted by atomic mass is 9.98. The Balaban J connectivity index is 0.00000200. The summed E-state index contributed by atoms with van der Waals surface area (Å²) in [5, 5.41) is 3.31. The molecule has 2 rings (SSSR count). The number of nitrogens with one attached hydrogen (secondary N) is 1. The second-order valence-electron chi connectivity index (χ2n) is 4.62. The van der Waals surface area contributed by atoms with Crippen molar-refractivity contribution in [3.05, 3.63) is 35.9 Å². The van der Waals surface area contributed by atoms with Crippen LogP contribution in [-0.2, 0) is 13.6 Å². The predicted octanol–water partition coefficient (Wildman–Crippen LogP) is 3.43. The molecule has 1 aromatic carbocycles. The SMILES string of the molecule is CCOP(=O)(OCC)C1CNCC1c1ccccc1.Cl. The summed E-state index contributed by atoms with van der Waals surface area (Å²) in [5.74, 6) is 0.185. The summed E-state index contributed by atoms with van der Waals surface area (Å²) in [6, 6.07) is 10.2. The maximum absolute atomic E-state index is 12.9. The highest BCUT2D eigenvalue weighted by Gasteiger charge is 2.44. The van der Waals surface area contributed by atoms with E-state index in [0.29, 0.717) is 19.8 Å². The van der Waals surface area contributed by atoms with Crippen LogP contribution in [0.25, 0.3) is 0 Å². The molecule has 1 aliphatic rings. The van der Waals surface area contributed by atoms with E-state index in [1.54, 1.807) is 0 Å². The number of rotatable bonds is 6. The lowest BCUT2D eigenvalue weighted by molar-refractivity contribution is 0.211. The van der Waals surface area contributed by atoms with Crippen LogP contribution in [0, 0.1) is 0 Å². The van der Waals surface area contributed by atoms with Crippen molar-refractivity contribution in [2.24, 2.45) is 0 Å². The fraction of sp³-hybridized carbons (Fsp3) is 0.571. The Bertz CT molecular complexity index is 433. The molecule has 114 valence electrons. The van der Waals surface area contributed by atoms with Crippen molar-refractivity contribution < 1.29 is 13.6 Å². The Hall–Kier alpha value is -0.380. The molecule has 0 amide bonds. The van der Waals surface area contributed by atoms with Crippen LogP contribution in [0.15, 0.2) is 30.3 Å². The first kappa shape index (κ1) is 17.7. The molecule has 1 N–H and O–H groups in total. The van der Waals surface area contributed by atoms with Gasteiger partial charge in [0.25, 0.3) is 0 Å². The summed E-state index contributed by atoms with van der Waals surface area (Å²) in [6.45, 7) is 6.03. The van der Waals surface area contributed by atoms with Gasteiger partial charge in [-0.2, -0.15) is 0 Å². The quantitative estimate of drug-likeness (QED) is 0.816. The minimum atomic E-state index is -3.05. The average molecular weight is 320 g/mol. The van der Waals surface area contributed by atoms with Crippen molar-refractivity contribution in [1.82, 2.24) is 5.32 Å². The molecule has 4 nitrogen and oxygen atoms in total. The minimum absolute atomic E-state index is 0. The lowest BCUT2D eigenvalue weighted by Crippen LogP contribution is -2.21. The van der Waals surface area contributed by atoms with Crippen LogP contribution >= 0.6 is 20.0 Å². The summed E-state index contributed by atoms with van der Waals surface area (Å²) in [5.41, 5.74) is 1.09. The molecule has 0 bridgehead atoms. The van der Waals surface area contributed by atoms with E-state index in [0.717, 1.165) is 6.54 Å². The highest BCUT2D eigenvalue weighted by Crippen LogP contribution is 2.58. The van der Waals surface area contributed by atoms with E-state index < -0.39 is 7.60 Å². The fourth-order valence-electron chi connectivity index (χ4n) is 2.63. The highest BCUT2D eigenvalue weighted by molar-refractivity contribution is 7.54. The van der Waals surface area contributed by atoms with Gasteiger partial charge in [0.2, 0.25) is 0 Å². The van der Waals surface area contributed by atoms with Crippen molar-refractivity contribution in [3.8, 4) is 0 Å². The third-order valence-corrected chi connectivity index (χ3v) is 6.03. The van der Waals surface area contributed by atoms with E-state index in [1.165, 1.54) is 5.56 Å². The lowest BCUT2D eigenvalue weighted by Gasteiger charge is -2.27. The van der Waals surface area contributed by atoms with Crippen LogP contribution in [-0.4, -0.2) is 32.0 Å². The van der Waals surface area contributed by atoms with Crippen LogP contribution in [0.2, 0.25) is 0 Å². The zero-order valence-electron chi connectivity index (χ0n) is 12.0. The molecule has 0 radical (unpaired) electrons. The fourth-order valence-corrected chi connectivity index (χ4v) is 4.87. The molecule has 6 heteroatoms. The smallest absolute Gasteiger partial charge is 0.315 e. The molecule has 0 aromatic heterocycles. The number of benzene rings is 1. The average Bonchev–Trinajstić information content (AvgIpc) is 2.90. The maximum atomic E-state index is 12.9. The van der Waals surface area contributed by atoms with Gasteiger partial charge in [-0.25, -0.2) is 0 Å². The van der Waals surface area contributed by atoms with Crippen molar-refractivity contribution in [1.29, 1.82) is 0 Å². The van der Waals surface area contributed by atoms with E-state index in [9.17, 15) is 4.57 Å². The van der Waals surface area contributed by atoms with Gasteiger partial charge in [0.05, 0.1) is 18.9 Å². The number of hydrogen-bond donors (Lipinski definition) is 1. The molecular formula is C14H23ClNO3P. The Kier molecular flexibility index (Phi) is 7.21. The summed E-state index contributed by atoms with van der Waals surface area (Å²) >= 11 is 0. The van der Waals surface area contributed by atoms with Gasteiger partial charge in [0, 0.05) is 19.0 Å². The Morgan fingerprint density at radius 1 is 1.15 bits per heavy atom. The van der Waals surface area contributed by atoms with Gasteiger partial charge in [-0.1, -0.05) is 30.3 Å². The zero-order valence-corrected chi connectivity index (χ0v) is 13.7. The first-order valence-electron chi connectivity index (χ1n) is 6.85. The van der Waals surface area contributed by atoms with E-state index >= 15 is 0 Å². The Morgan fingerprint density at radius 3 is 2.30 bits per heavy atom. The predicted molar refractivity (Wildman–Crippen MR) is 83.9 cm³/mol. The molecule has 0 aliphatic carbocycles. The Labute approximate surface area is 127 Å². The largest absolute Gasteiger partial charge is 0.335 e. The van der Waals surface area contributed by atoms with Crippen LogP contribution in [0.1, 0.15) is 25.3 Å². The molecule has 0 saturated carbocycles. The van der Waals surface area contributed by atoms with Crippen LogP contribution in [0.5, 0.6) is 0 Å². The van der Waals surface area contributed by atoms with Crippen LogP contribution in [0.3, 0.4) is 0 Å². The second-order valence-corrected chi connectivity index (χ2v) is 6.88. The number of hydrogen-bond acceptors (Lipinski definition) is 4. The standard InChI is InChI=1S/C14H22NO3P.ClH/c1-3-17-19(16,18-4-2)14-11-15-10-13(14)12-8-6-5-7-9-12;/h5-9,13-15H,3-4,10-11H2,1-2H3;1H. The maximum Gasteiger partial charge on any atom is 0.335 e. The van der Waals surface area contributed by atoms with E-state index in [2.05, 4.69) is 17.4 Å². The summed E-state index contributed by atoms with van der Waals surface area (Å²) in [7, 11) is -3.05. The first-order chi connectivity index (χ1) is 9.21. The van der Waals surface area contributed by atoms with Gasteiger partial charge in [0.1, 0.15) is 0 Å². The van der Waals surface area contributed by atoms with Gasteiger partial charge in [-0.3, -0.25) is 4.57 Å². The molecular weight excluding hydrogens is 297 g/mol. The molecule has 1 fully saturated rings. The van der Waals surface area contributed by atoms with Gasteiger partial charge >= 0.3 is 7.60 Å². The molecule has 2 atom stereocenters. The van der Waals surface area contributed by atoms with Crippen molar-refractivity contribution in [2.45, 2.75) is 25.4 Å². The summed E-state index contributed by atoms with van der Waals surface area (Å²) in [4.78, 5) is 0. The topological polar surface area (TPSA) is 47.6 Å². The van der Waals surface area contributed by atoms with Gasteiger partial charge < -0.3 is 14.4 Å². The number of halogens is 1. The Morgan fingerprint density at radius 2 is 1.75 bits per heavy atom. The summed E-state index contributed by atoms with van der Waals surface area (Å²) < 4.78 is 23.9. The van der Waals surface area contributed by atoms with Gasteiger partial charge in [-0.15, -0.1) is 12.4 Å². The van der Waals surface area contributed by atoms with E-state index in [1.807, 2.05) is 32.0 Å². The van der Waals surface area contributed by atoms with E-state index in [4.69, 9.17) is 9.05 Å². The molecule has 1 saturated heterocycles. The molecule has 2 unspecified atom stereocenters. The van der Waals surface area contributed by atoms with Crippen LogP contribution in [0.4, 0.5) is 0 Å². The first-order valence-corrected chi connectivity index (χ1v) is 8.47. The van der Waals surface area contributed by atoms with Crippen molar-refractivity contribution in [2.75, 3.05) is 26.3 Å². The van der Waals surface area contributed by atoms with Crippen molar-refractivity contribution >= 4 is 20.0 Å².